The van der Waals surface area contributed by atoms with E-state index in [4.69, 9.17) is 0 Å². The van der Waals surface area contributed by atoms with Crippen molar-refractivity contribution in [3.8, 4) is 5.75 Å². The summed E-state index contributed by atoms with van der Waals surface area (Å²) in [6.45, 7) is 1.95. The molecule has 1 aliphatic heterocycles. The molecule has 0 bridgehead atoms. The quantitative estimate of drug-likeness (QED) is 0.483. The maximum atomic E-state index is 12.3. The summed E-state index contributed by atoms with van der Waals surface area (Å²) in [7, 11) is 0. The van der Waals surface area contributed by atoms with Gasteiger partial charge < -0.3 is 10.4 Å². The van der Waals surface area contributed by atoms with Crippen LogP contribution in [0.4, 0.5) is 0 Å². The smallest absolute Gasteiger partial charge is 0.240 e. The van der Waals surface area contributed by atoms with Gasteiger partial charge in [0.1, 0.15) is 5.75 Å². The lowest BCUT2D eigenvalue weighted by molar-refractivity contribution is -0.118. The fourth-order valence-corrected chi connectivity index (χ4v) is 3.28. The van der Waals surface area contributed by atoms with E-state index in [1.165, 1.54) is 18.0 Å². The van der Waals surface area contributed by atoms with Crippen molar-refractivity contribution in [2.24, 2.45) is 10.2 Å². The van der Waals surface area contributed by atoms with Gasteiger partial charge in [-0.2, -0.15) is 5.10 Å². The molecule has 132 valence electrons. The Bertz CT molecular complexity index is 891. The number of nitrogens with one attached hydrogen (secondary N) is 1. The Morgan fingerprint density at radius 3 is 2.69 bits per heavy atom. The van der Waals surface area contributed by atoms with Gasteiger partial charge in [-0.3, -0.25) is 9.59 Å². The standard InChI is InChI=1S/C19H17N3O3S/c1-12-6-8-13(9-7-12)16(24)10-17-18(25)21-19(26-17)22-20-11-14-4-2-3-5-15(14)23/h2-9,11,17,23H,10H2,1H3,(H,21,22,25)/b20-11+. The number of benzene rings is 2. The number of phenolic OH excluding ortho intramolecular Hbond substituents is 1. The number of hydrogen-bond donors (Lipinski definition) is 2. The molecule has 2 N–H and O–H groups in total. The van der Waals surface area contributed by atoms with E-state index < -0.39 is 5.25 Å². The van der Waals surface area contributed by atoms with Crippen molar-refractivity contribution < 1.29 is 14.7 Å². The van der Waals surface area contributed by atoms with Gasteiger partial charge in [-0.1, -0.05) is 53.7 Å². The summed E-state index contributed by atoms with van der Waals surface area (Å²) in [6, 6.07) is 14.0. The molecule has 2 aromatic rings. The molecule has 1 amide bonds. The number of ketones is 1. The normalized spacial score (nSPS) is 18.4. The van der Waals surface area contributed by atoms with Gasteiger partial charge in [0, 0.05) is 17.5 Å². The lowest BCUT2D eigenvalue weighted by atomic mass is 10.0. The zero-order valence-corrected chi connectivity index (χ0v) is 14.9. The molecule has 1 aliphatic rings. The number of amides is 1. The third kappa shape index (κ3) is 4.37. The molecule has 26 heavy (non-hydrogen) atoms. The topological polar surface area (TPSA) is 91.1 Å². The third-order valence-electron chi connectivity index (χ3n) is 3.80. The van der Waals surface area contributed by atoms with E-state index >= 15 is 0 Å². The highest BCUT2D eigenvalue weighted by molar-refractivity contribution is 8.15. The molecule has 7 heteroatoms. The number of aromatic hydroxyl groups is 1. The van der Waals surface area contributed by atoms with E-state index in [1.54, 1.807) is 36.4 Å². The van der Waals surface area contributed by atoms with Crippen LogP contribution in [0.2, 0.25) is 0 Å². The van der Waals surface area contributed by atoms with Gasteiger partial charge in [0.2, 0.25) is 5.91 Å². The molecule has 0 aromatic heterocycles. The Hall–Kier alpha value is -2.93. The van der Waals surface area contributed by atoms with Crippen LogP contribution in [0, 0.1) is 6.92 Å². The van der Waals surface area contributed by atoms with E-state index in [1.807, 2.05) is 19.1 Å². The maximum absolute atomic E-state index is 12.3. The van der Waals surface area contributed by atoms with E-state index in [2.05, 4.69) is 15.5 Å². The van der Waals surface area contributed by atoms with Gasteiger partial charge in [0.15, 0.2) is 11.0 Å². The minimum absolute atomic E-state index is 0.0865. The van der Waals surface area contributed by atoms with E-state index in [9.17, 15) is 14.7 Å². The fourth-order valence-electron chi connectivity index (χ4n) is 2.35. The molecule has 6 nitrogen and oxygen atoms in total. The summed E-state index contributed by atoms with van der Waals surface area (Å²) in [5, 5.41) is 19.9. The zero-order chi connectivity index (χ0) is 18.5. The molecular formula is C19H17N3O3S. The highest BCUT2D eigenvalue weighted by atomic mass is 32.2. The Balaban J connectivity index is 1.62. The first kappa shape index (κ1) is 17.9. The molecule has 1 heterocycles. The fraction of sp³-hybridized carbons (Fsp3) is 0.158. The van der Waals surface area contributed by atoms with Gasteiger partial charge in [-0.25, -0.2) is 0 Å². The van der Waals surface area contributed by atoms with Crippen LogP contribution < -0.4 is 5.32 Å². The minimum Gasteiger partial charge on any atom is -0.507 e. The van der Waals surface area contributed by atoms with Crippen LogP contribution in [0.1, 0.15) is 27.9 Å². The molecule has 0 radical (unpaired) electrons. The Morgan fingerprint density at radius 2 is 1.96 bits per heavy atom. The van der Waals surface area contributed by atoms with Crippen LogP contribution in [0.25, 0.3) is 0 Å². The van der Waals surface area contributed by atoms with Crippen molar-refractivity contribution in [1.29, 1.82) is 0 Å². The molecule has 1 unspecified atom stereocenters. The molecule has 3 rings (SSSR count). The Kier molecular flexibility index (Phi) is 5.48. The maximum Gasteiger partial charge on any atom is 0.240 e. The second-order valence-corrected chi connectivity index (χ2v) is 6.99. The van der Waals surface area contributed by atoms with Crippen LogP contribution in [0.5, 0.6) is 5.75 Å². The second-order valence-electron chi connectivity index (χ2n) is 5.80. The van der Waals surface area contributed by atoms with Crippen LogP contribution >= 0.6 is 11.8 Å². The first-order chi connectivity index (χ1) is 12.5. The molecule has 1 fully saturated rings. The van der Waals surface area contributed by atoms with E-state index in [0.717, 1.165) is 5.56 Å². The Morgan fingerprint density at radius 1 is 1.23 bits per heavy atom. The Labute approximate surface area is 155 Å². The number of Topliss-reactive ketones (excluding diaryl/α,β-unsaturated/α-hetero) is 1. The average Bonchev–Trinajstić information content (AvgIpc) is 2.96. The highest BCUT2D eigenvalue weighted by Crippen LogP contribution is 2.24. The molecule has 1 saturated heterocycles. The predicted octanol–water partition coefficient (Wildman–Crippen LogP) is 2.90. The highest BCUT2D eigenvalue weighted by Gasteiger charge is 2.32. The zero-order valence-electron chi connectivity index (χ0n) is 14.0. The number of para-hydroxylation sites is 1. The number of hydrogen-bond acceptors (Lipinski definition) is 6. The first-order valence-corrected chi connectivity index (χ1v) is 8.87. The lowest BCUT2D eigenvalue weighted by Crippen LogP contribution is -2.26. The molecule has 0 saturated carbocycles. The summed E-state index contributed by atoms with van der Waals surface area (Å²) in [6.07, 6.45) is 1.50. The van der Waals surface area contributed by atoms with Crippen molar-refractivity contribution in [2.75, 3.05) is 0 Å². The number of phenols is 1. The van der Waals surface area contributed by atoms with Crippen molar-refractivity contribution in [1.82, 2.24) is 5.32 Å². The van der Waals surface area contributed by atoms with Crippen molar-refractivity contribution in [3.05, 3.63) is 65.2 Å². The van der Waals surface area contributed by atoms with Gasteiger partial charge >= 0.3 is 0 Å². The largest absolute Gasteiger partial charge is 0.507 e. The third-order valence-corrected chi connectivity index (χ3v) is 4.88. The summed E-state index contributed by atoms with van der Waals surface area (Å²) in [4.78, 5) is 24.3. The summed E-state index contributed by atoms with van der Waals surface area (Å²) < 4.78 is 0. The molecule has 0 spiro atoms. The van der Waals surface area contributed by atoms with Crippen molar-refractivity contribution >= 4 is 34.8 Å². The SMILES string of the molecule is Cc1ccc(C(=O)CC2S/C(=N/N=C/c3ccccc3O)NC2=O)cc1. The number of amidine groups is 1. The summed E-state index contributed by atoms with van der Waals surface area (Å²) in [5.74, 6) is -0.246. The van der Waals surface area contributed by atoms with Crippen LogP contribution in [0.15, 0.2) is 58.7 Å². The molecule has 1 atom stereocenters. The number of carbonyl (C=O) groups is 2. The number of rotatable bonds is 5. The van der Waals surface area contributed by atoms with Crippen molar-refractivity contribution in [2.45, 2.75) is 18.6 Å². The van der Waals surface area contributed by atoms with Crippen molar-refractivity contribution in [3.63, 3.8) is 0 Å². The number of nitrogens with zero attached hydrogens (tertiary/aromatic N) is 2. The van der Waals surface area contributed by atoms with Gasteiger partial charge in [0.25, 0.3) is 0 Å². The molecular weight excluding hydrogens is 350 g/mol. The summed E-state index contributed by atoms with van der Waals surface area (Å²) >= 11 is 1.18. The van der Waals surface area contributed by atoms with E-state index in [0.29, 0.717) is 16.3 Å². The van der Waals surface area contributed by atoms with Crippen LogP contribution in [-0.2, 0) is 4.79 Å². The van der Waals surface area contributed by atoms with E-state index in [-0.39, 0.29) is 23.9 Å². The first-order valence-electron chi connectivity index (χ1n) is 7.99. The molecule has 0 aliphatic carbocycles. The van der Waals surface area contributed by atoms with Gasteiger partial charge in [0.05, 0.1) is 11.5 Å². The van der Waals surface area contributed by atoms with Gasteiger partial charge in [-0.05, 0) is 19.1 Å². The second kappa shape index (κ2) is 7.97. The summed E-state index contributed by atoms with van der Waals surface area (Å²) in [5.41, 5.74) is 2.19. The number of thioether (sulfide) groups is 1. The predicted molar refractivity (Wildman–Crippen MR) is 103 cm³/mol. The minimum atomic E-state index is -0.525. The number of carbonyl (C=O) groups excluding carboxylic acids is 2. The number of aryl methyl sites for hydroxylation is 1. The average molecular weight is 367 g/mol. The lowest BCUT2D eigenvalue weighted by Gasteiger charge is -2.04. The molecule has 2 aromatic carbocycles. The monoisotopic (exact) mass is 367 g/mol. The van der Waals surface area contributed by atoms with Crippen LogP contribution in [0.3, 0.4) is 0 Å². The van der Waals surface area contributed by atoms with Crippen LogP contribution in [-0.4, -0.2) is 33.4 Å². The van der Waals surface area contributed by atoms with Gasteiger partial charge in [-0.15, -0.1) is 5.10 Å².